The molecule has 0 aliphatic heterocycles. The van der Waals surface area contributed by atoms with Gasteiger partial charge in [-0.15, -0.1) is 0 Å². The molecule has 2 aromatic rings. The van der Waals surface area contributed by atoms with Crippen LogP contribution in [0.3, 0.4) is 0 Å². The topological polar surface area (TPSA) is 110 Å². The quantitative estimate of drug-likeness (QED) is 0.688. The van der Waals surface area contributed by atoms with Crippen LogP contribution in [0.1, 0.15) is 12.6 Å². The summed E-state index contributed by atoms with van der Waals surface area (Å²) < 4.78 is 5.02. The summed E-state index contributed by atoms with van der Waals surface area (Å²) in [4.78, 5) is 8.08. The minimum Gasteiger partial charge on any atom is -0.392 e. The maximum absolute atomic E-state index is 9.30. The smallest absolute Gasteiger partial charge is 0.263 e. The molecule has 0 saturated heterocycles. The fraction of sp³-hybridized carbons (Fsp3) is 0.500. The van der Waals surface area contributed by atoms with Crippen LogP contribution in [0.4, 0.5) is 5.82 Å². The number of rotatable bonds is 4. The molecule has 7 heteroatoms. The van der Waals surface area contributed by atoms with Crippen molar-refractivity contribution in [3.63, 3.8) is 0 Å². The number of aliphatic hydroxyl groups is 1. The Kier molecular flexibility index (Phi) is 3.21. The predicted molar refractivity (Wildman–Crippen MR) is 62.5 cm³/mol. The number of anilines is 1. The monoisotopic (exact) mass is 237 g/mol. The first-order valence-electron chi connectivity index (χ1n) is 5.34. The summed E-state index contributed by atoms with van der Waals surface area (Å²) in [6, 6.07) is -0.361. The van der Waals surface area contributed by atoms with Gasteiger partial charge in [-0.1, -0.05) is 5.16 Å². The molecule has 2 aromatic heterocycles. The van der Waals surface area contributed by atoms with Crippen molar-refractivity contribution in [2.24, 2.45) is 5.73 Å². The highest BCUT2D eigenvalue weighted by atomic mass is 16.5. The lowest BCUT2D eigenvalue weighted by atomic mass is 10.2. The van der Waals surface area contributed by atoms with Crippen molar-refractivity contribution < 1.29 is 9.63 Å². The number of nitrogens with zero attached hydrogens (tertiary/aromatic N) is 3. The summed E-state index contributed by atoms with van der Waals surface area (Å²) in [6.07, 6.45) is 0.812. The van der Waals surface area contributed by atoms with Crippen LogP contribution in [0.2, 0.25) is 0 Å². The molecule has 0 radical (unpaired) electrons. The van der Waals surface area contributed by atoms with Crippen molar-refractivity contribution in [3.8, 4) is 0 Å². The van der Waals surface area contributed by atoms with E-state index < -0.39 is 6.10 Å². The minimum absolute atomic E-state index is 0.361. The zero-order valence-electron chi connectivity index (χ0n) is 9.71. The van der Waals surface area contributed by atoms with Crippen LogP contribution in [0.15, 0.2) is 10.9 Å². The van der Waals surface area contributed by atoms with E-state index in [2.05, 4.69) is 20.4 Å². The Hall–Kier alpha value is -1.73. The Morgan fingerprint density at radius 1 is 1.53 bits per heavy atom. The lowest BCUT2D eigenvalue weighted by molar-refractivity contribution is 0.168. The SMILES string of the molecule is Cc1noc2ncnc(NCC(N)C(C)O)c12. The van der Waals surface area contributed by atoms with E-state index in [9.17, 15) is 5.11 Å². The van der Waals surface area contributed by atoms with Gasteiger partial charge in [0.25, 0.3) is 5.71 Å². The van der Waals surface area contributed by atoms with Gasteiger partial charge in [0.15, 0.2) is 0 Å². The first-order chi connectivity index (χ1) is 8.09. The molecule has 0 aromatic carbocycles. The van der Waals surface area contributed by atoms with E-state index in [-0.39, 0.29) is 6.04 Å². The average Bonchev–Trinajstić information content (AvgIpc) is 2.68. The summed E-state index contributed by atoms with van der Waals surface area (Å²) in [5, 5.41) is 16.9. The van der Waals surface area contributed by atoms with Gasteiger partial charge in [0.2, 0.25) is 0 Å². The van der Waals surface area contributed by atoms with E-state index in [4.69, 9.17) is 10.3 Å². The lowest BCUT2D eigenvalue weighted by Crippen LogP contribution is -2.38. The fourth-order valence-electron chi connectivity index (χ4n) is 1.44. The average molecular weight is 237 g/mol. The molecule has 0 bridgehead atoms. The molecule has 92 valence electrons. The molecule has 0 aliphatic rings. The summed E-state index contributed by atoms with van der Waals surface area (Å²) in [7, 11) is 0. The lowest BCUT2D eigenvalue weighted by Gasteiger charge is -2.15. The summed E-state index contributed by atoms with van der Waals surface area (Å²) in [5.74, 6) is 0.616. The van der Waals surface area contributed by atoms with E-state index in [1.165, 1.54) is 6.33 Å². The second-order valence-corrected chi connectivity index (χ2v) is 3.96. The Balaban J connectivity index is 2.21. The van der Waals surface area contributed by atoms with Crippen LogP contribution in [-0.4, -0.2) is 38.9 Å². The van der Waals surface area contributed by atoms with E-state index >= 15 is 0 Å². The molecule has 7 nitrogen and oxygen atoms in total. The Labute approximate surface area is 98.0 Å². The van der Waals surface area contributed by atoms with Gasteiger partial charge in [0, 0.05) is 12.6 Å². The molecule has 4 N–H and O–H groups in total. The number of fused-ring (bicyclic) bond motifs is 1. The molecule has 17 heavy (non-hydrogen) atoms. The van der Waals surface area contributed by atoms with Gasteiger partial charge in [0.1, 0.15) is 17.5 Å². The van der Waals surface area contributed by atoms with Crippen LogP contribution < -0.4 is 11.1 Å². The molecule has 2 heterocycles. The number of aryl methyl sites for hydroxylation is 1. The Morgan fingerprint density at radius 3 is 3.00 bits per heavy atom. The van der Waals surface area contributed by atoms with Gasteiger partial charge in [-0.05, 0) is 13.8 Å². The Morgan fingerprint density at radius 2 is 2.29 bits per heavy atom. The molecule has 0 saturated carbocycles. The predicted octanol–water partition coefficient (Wildman–Crippen LogP) is 0.0462. The number of nitrogens with two attached hydrogens (primary N) is 1. The highest BCUT2D eigenvalue weighted by Gasteiger charge is 2.14. The van der Waals surface area contributed by atoms with E-state index in [1.807, 2.05) is 6.92 Å². The zero-order chi connectivity index (χ0) is 12.4. The summed E-state index contributed by atoms with van der Waals surface area (Å²) >= 11 is 0. The van der Waals surface area contributed by atoms with Gasteiger partial charge in [0.05, 0.1) is 11.8 Å². The van der Waals surface area contributed by atoms with Crippen molar-refractivity contribution in [2.45, 2.75) is 26.0 Å². The number of hydrogen-bond acceptors (Lipinski definition) is 7. The molecule has 0 aliphatic carbocycles. The number of aromatic nitrogens is 3. The maximum atomic E-state index is 9.30. The van der Waals surface area contributed by atoms with E-state index in [0.717, 1.165) is 5.39 Å². The molecule has 2 atom stereocenters. The van der Waals surface area contributed by atoms with Crippen molar-refractivity contribution in [1.82, 2.24) is 15.1 Å². The third kappa shape index (κ3) is 2.34. The maximum Gasteiger partial charge on any atom is 0.263 e. The van der Waals surface area contributed by atoms with E-state index in [0.29, 0.717) is 23.8 Å². The highest BCUT2D eigenvalue weighted by molar-refractivity contribution is 5.87. The third-order valence-electron chi connectivity index (χ3n) is 2.57. The minimum atomic E-state index is -0.580. The van der Waals surface area contributed by atoms with E-state index in [1.54, 1.807) is 6.92 Å². The number of nitrogens with one attached hydrogen (secondary N) is 1. The second-order valence-electron chi connectivity index (χ2n) is 3.96. The third-order valence-corrected chi connectivity index (χ3v) is 2.57. The van der Waals surface area contributed by atoms with Crippen molar-refractivity contribution >= 4 is 16.9 Å². The number of aliphatic hydroxyl groups excluding tert-OH is 1. The first kappa shape index (κ1) is 11.7. The number of hydrogen-bond donors (Lipinski definition) is 3. The molecular formula is C10H15N5O2. The van der Waals surface area contributed by atoms with Gasteiger partial charge in [-0.3, -0.25) is 0 Å². The standard InChI is InChI=1S/C10H15N5O2/c1-5-8-9(12-3-7(11)6(2)16)13-4-14-10(8)17-15-5/h4,6-7,16H,3,11H2,1-2H3,(H,12,13,14). The van der Waals surface area contributed by atoms with Gasteiger partial charge in [-0.25, -0.2) is 4.98 Å². The fourth-order valence-corrected chi connectivity index (χ4v) is 1.44. The van der Waals surface area contributed by atoms with Crippen LogP contribution in [0.25, 0.3) is 11.1 Å². The second kappa shape index (κ2) is 4.64. The van der Waals surface area contributed by atoms with Crippen LogP contribution >= 0.6 is 0 Å². The zero-order valence-corrected chi connectivity index (χ0v) is 9.71. The molecule has 0 spiro atoms. The Bertz CT molecular complexity index is 510. The molecule has 0 fully saturated rings. The van der Waals surface area contributed by atoms with Crippen molar-refractivity contribution in [2.75, 3.05) is 11.9 Å². The van der Waals surface area contributed by atoms with Gasteiger partial charge >= 0.3 is 0 Å². The molecular weight excluding hydrogens is 222 g/mol. The highest BCUT2D eigenvalue weighted by Crippen LogP contribution is 2.22. The van der Waals surface area contributed by atoms with Crippen LogP contribution in [0, 0.1) is 6.92 Å². The first-order valence-corrected chi connectivity index (χ1v) is 5.34. The molecule has 2 unspecified atom stereocenters. The van der Waals surface area contributed by atoms with Gasteiger partial charge < -0.3 is 20.7 Å². The molecule has 0 amide bonds. The summed E-state index contributed by atoms with van der Waals surface area (Å²) in [6.45, 7) is 3.87. The van der Waals surface area contributed by atoms with Gasteiger partial charge in [-0.2, -0.15) is 4.98 Å². The van der Waals surface area contributed by atoms with Crippen molar-refractivity contribution in [1.29, 1.82) is 0 Å². The molecule has 2 rings (SSSR count). The van der Waals surface area contributed by atoms with Crippen LogP contribution in [0.5, 0.6) is 0 Å². The van der Waals surface area contributed by atoms with Crippen molar-refractivity contribution in [3.05, 3.63) is 12.0 Å². The summed E-state index contributed by atoms with van der Waals surface area (Å²) in [5.41, 5.74) is 6.88. The van der Waals surface area contributed by atoms with Crippen LogP contribution in [-0.2, 0) is 0 Å². The largest absolute Gasteiger partial charge is 0.392 e. The normalized spacial score (nSPS) is 14.8.